The lowest BCUT2D eigenvalue weighted by molar-refractivity contribution is -0.117. The van der Waals surface area contributed by atoms with Crippen molar-refractivity contribution in [3.8, 4) is 0 Å². The first-order valence-corrected chi connectivity index (χ1v) is 10.6. The van der Waals surface area contributed by atoms with Gasteiger partial charge in [-0.15, -0.1) is 4.31 Å². The molecule has 140 valence electrons. The number of hydrogen-bond donors (Lipinski definition) is 0. The molecule has 1 saturated heterocycles. The van der Waals surface area contributed by atoms with Crippen LogP contribution in [0.1, 0.15) is 31.1 Å². The van der Waals surface area contributed by atoms with Gasteiger partial charge in [-0.3, -0.25) is 0 Å². The van der Waals surface area contributed by atoms with Crippen LogP contribution >= 0.6 is 0 Å². The molecule has 6 nitrogen and oxygen atoms in total. The molecule has 27 heavy (non-hydrogen) atoms. The van der Waals surface area contributed by atoms with Crippen molar-refractivity contribution in [2.24, 2.45) is 4.99 Å². The van der Waals surface area contributed by atoms with E-state index in [4.69, 9.17) is 9.73 Å². The highest BCUT2D eigenvalue weighted by Crippen LogP contribution is 2.61. The minimum atomic E-state index is -3.81. The van der Waals surface area contributed by atoms with Crippen molar-refractivity contribution in [1.29, 1.82) is 0 Å². The van der Waals surface area contributed by atoms with E-state index < -0.39 is 27.6 Å². The number of hydrogen-bond acceptors (Lipinski definition) is 5. The molecule has 1 aliphatic carbocycles. The van der Waals surface area contributed by atoms with Gasteiger partial charge in [0.25, 0.3) is 0 Å². The minimum Gasteiger partial charge on any atom is -0.335 e. The van der Waals surface area contributed by atoms with E-state index in [1.54, 1.807) is 30.6 Å². The number of likely N-dealkylation sites (N-methyl/N-ethyl adjacent to an activating group) is 1. The van der Waals surface area contributed by atoms with Gasteiger partial charge in [-0.1, -0.05) is 48.5 Å². The Bertz CT molecular complexity index is 996. The number of ether oxygens (including phenoxy) is 1. The number of nitrogens with zero attached hydrogens (tertiary/aromatic N) is 3. The third-order valence-electron chi connectivity index (χ3n) is 5.95. The topological polar surface area (TPSA) is 62.2 Å². The molecule has 3 atom stereocenters. The molecule has 0 aromatic heterocycles. The van der Waals surface area contributed by atoms with Gasteiger partial charge in [0.05, 0.1) is 11.2 Å². The molecular weight excluding hydrogens is 362 g/mol. The first kappa shape index (κ1) is 16.9. The van der Waals surface area contributed by atoms with E-state index in [0.29, 0.717) is 6.42 Å². The van der Waals surface area contributed by atoms with Crippen LogP contribution in [0.3, 0.4) is 0 Å². The Kier molecular flexibility index (Phi) is 3.53. The van der Waals surface area contributed by atoms with Crippen molar-refractivity contribution in [2.75, 3.05) is 7.05 Å². The molecule has 1 saturated carbocycles. The van der Waals surface area contributed by atoms with Crippen LogP contribution in [0, 0.1) is 0 Å². The van der Waals surface area contributed by atoms with Gasteiger partial charge in [0.1, 0.15) is 0 Å². The predicted octanol–water partition coefficient (Wildman–Crippen LogP) is 2.96. The minimum absolute atomic E-state index is 0.261. The van der Waals surface area contributed by atoms with Crippen LogP contribution in [0.15, 0.2) is 70.6 Å². The average molecular weight is 383 g/mol. The standard InChI is InChI=1S/C20H21N3O3S/c1-22-15-21-19-13-8-14-20(19,22)26-18(16-9-4-2-5-10-16)23(19)27(24,25)17-11-6-3-7-12-17/h2-7,9-12,15,18H,8,13-14H2,1H3. The quantitative estimate of drug-likeness (QED) is 0.818. The number of rotatable bonds is 3. The third kappa shape index (κ3) is 2.07. The summed E-state index contributed by atoms with van der Waals surface area (Å²) in [5.41, 5.74) is -0.873. The van der Waals surface area contributed by atoms with Gasteiger partial charge in [0.2, 0.25) is 10.0 Å². The summed E-state index contributed by atoms with van der Waals surface area (Å²) in [6, 6.07) is 18.1. The van der Waals surface area contributed by atoms with E-state index in [2.05, 4.69) is 0 Å². The second-order valence-corrected chi connectivity index (χ2v) is 9.12. The van der Waals surface area contributed by atoms with E-state index in [1.807, 2.05) is 48.3 Å². The third-order valence-corrected chi connectivity index (χ3v) is 7.83. The van der Waals surface area contributed by atoms with Crippen LogP contribution in [0.2, 0.25) is 0 Å². The summed E-state index contributed by atoms with van der Waals surface area (Å²) < 4.78 is 35.6. The summed E-state index contributed by atoms with van der Waals surface area (Å²) >= 11 is 0. The summed E-state index contributed by atoms with van der Waals surface area (Å²) in [5.74, 6) is 0. The molecule has 2 aliphatic heterocycles. The van der Waals surface area contributed by atoms with Crippen molar-refractivity contribution in [2.45, 2.75) is 41.8 Å². The molecule has 7 heteroatoms. The summed E-state index contributed by atoms with van der Waals surface area (Å²) in [6.07, 6.45) is 3.26. The van der Waals surface area contributed by atoms with Crippen molar-refractivity contribution >= 4 is 16.4 Å². The van der Waals surface area contributed by atoms with Gasteiger partial charge < -0.3 is 9.64 Å². The first-order valence-electron chi connectivity index (χ1n) is 9.12. The van der Waals surface area contributed by atoms with Crippen molar-refractivity contribution < 1.29 is 13.2 Å². The zero-order valence-corrected chi connectivity index (χ0v) is 15.8. The fraction of sp³-hybridized carbons (Fsp3) is 0.350. The normalized spacial score (nSPS) is 32.6. The van der Waals surface area contributed by atoms with Gasteiger partial charge in [-0.2, -0.15) is 0 Å². The molecule has 0 bridgehead atoms. The van der Waals surface area contributed by atoms with Crippen LogP contribution in [-0.4, -0.2) is 42.4 Å². The summed E-state index contributed by atoms with van der Waals surface area (Å²) in [7, 11) is -1.90. The lowest BCUT2D eigenvalue weighted by Gasteiger charge is -2.37. The van der Waals surface area contributed by atoms with E-state index in [9.17, 15) is 8.42 Å². The van der Waals surface area contributed by atoms with Gasteiger partial charge in [-0.05, 0) is 37.0 Å². The van der Waals surface area contributed by atoms with Gasteiger partial charge in [-0.25, -0.2) is 13.4 Å². The second-order valence-electron chi connectivity index (χ2n) is 7.30. The summed E-state index contributed by atoms with van der Waals surface area (Å²) in [6.45, 7) is 0. The van der Waals surface area contributed by atoms with E-state index in [-0.39, 0.29) is 4.90 Å². The Morgan fingerprint density at radius 3 is 2.41 bits per heavy atom. The highest BCUT2D eigenvalue weighted by atomic mass is 32.2. The molecule has 2 fully saturated rings. The van der Waals surface area contributed by atoms with Crippen LogP contribution in [-0.2, 0) is 14.8 Å². The van der Waals surface area contributed by atoms with Crippen LogP contribution < -0.4 is 0 Å². The van der Waals surface area contributed by atoms with E-state index >= 15 is 0 Å². The highest BCUT2D eigenvalue weighted by Gasteiger charge is 2.74. The van der Waals surface area contributed by atoms with Crippen LogP contribution in [0.4, 0.5) is 0 Å². The van der Waals surface area contributed by atoms with Crippen molar-refractivity contribution in [3.63, 3.8) is 0 Å². The van der Waals surface area contributed by atoms with Gasteiger partial charge in [0.15, 0.2) is 17.6 Å². The Labute approximate surface area is 159 Å². The monoisotopic (exact) mass is 383 g/mol. The maximum atomic E-state index is 13.8. The molecule has 0 spiro atoms. The van der Waals surface area contributed by atoms with E-state index in [0.717, 1.165) is 18.4 Å². The van der Waals surface area contributed by atoms with Crippen molar-refractivity contribution in [3.05, 3.63) is 66.2 Å². The number of aliphatic imine (C=N–C) groups is 1. The van der Waals surface area contributed by atoms with Crippen LogP contribution in [0.25, 0.3) is 0 Å². The lowest BCUT2D eigenvalue weighted by Crippen LogP contribution is -2.57. The fourth-order valence-electron chi connectivity index (χ4n) is 4.72. The zero-order chi connectivity index (χ0) is 18.7. The highest BCUT2D eigenvalue weighted by molar-refractivity contribution is 7.89. The number of sulfonamides is 1. The maximum Gasteiger partial charge on any atom is 0.247 e. The zero-order valence-electron chi connectivity index (χ0n) is 15.0. The largest absolute Gasteiger partial charge is 0.335 e. The molecule has 0 radical (unpaired) electrons. The molecule has 2 aromatic carbocycles. The molecule has 0 amide bonds. The first-order chi connectivity index (χ1) is 13.0. The number of benzene rings is 2. The Balaban J connectivity index is 1.73. The molecule has 5 rings (SSSR count). The lowest BCUT2D eigenvalue weighted by atomic mass is 10.0. The van der Waals surface area contributed by atoms with Crippen LogP contribution in [0.5, 0.6) is 0 Å². The Hall–Kier alpha value is -2.22. The second kappa shape index (κ2) is 5.64. The molecule has 2 heterocycles. The van der Waals surface area contributed by atoms with Gasteiger partial charge >= 0.3 is 0 Å². The smallest absolute Gasteiger partial charge is 0.247 e. The Morgan fingerprint density at radius 2 is 1.70 bits per heavy atom. The SMILES string of the molecule is CN1C=NC23CCCC12OC(c1ccccc1)N3S(=O)(=O)c1ccccc1. The molecule has 3 unspecified atom stereocenters. The molecule has 2 aromatic rings. The maximum absolute atomic E-state index is 13.8. The molecule has 0 N–H and O–H groups in total. The fourth-order valence-corrected chi connectivity index (χ4v) is 6.55. The Morgan fingerprint density at radius 1 is 1.04 bits per heavy atom. The molecule has 3 aliphatic rings. The van der Waals surface area contributed by atoms with Gasteiger partial charge in [0, 0.05) is 7.05 Å². The average Bonchev–Trinajstić information content (AvgIpc) is 3.27. The van der Waals surface area contributed by atoms with E-state index in [1.165, 1.54) is 4.31 Å². The predicted molar refractivity (Wildman–Crippen MR) is 101 cm³/mol. The van der Waals surface area contributed by atoms with Crippen molar-refractivity contribution in [1.82, 2.24) is 9.21 Å². The molecular formula is C20H21N3O3S. The summed E-state index contributed by atoms with van der Waals surface area (Å²) in [5, 5.41) is 0. The summed E-state index contributed by atoms with van der Waals surface area (Å²) in [4.78, 5) is 6.94.